The number of aryl methyl sites for hydroxylation is 2. The Balaban J connectivity index is 1.97. The number of thiophene rings is 1. The molecule has 0 saturated carbocycles. The van der Waals surface area contributed by atoms with Gasteiger partial charge >= 0.3 is 0 Å². The van der Waals surface area contributed by atoms with Gasteiger partial charge < -0.3 is 4.74 Å². The normalized spacial score (nSPS) is 16.6. The molecule has 1 aliphatic heterocycles. The van der Waals surface area contributed by atoms with E-state index in [0.29, 0.717) is 24.7 Å². The van der Waals surface area contributed by atoms with Gasteiger partial charge in [0.25, 0.3) is 0 Å². The topological polar surface area (TPSA) is 46.6 Å². The lowest BCUT2D eigenvalue weighted by atomic mass is 10.1. The zero-order valence-corrected chi connectivity index (χ0v) is 15.7. The number of hydrogen-bond donors (Lipinski definition) is 0. The van der Waals surface area contributed by atoms with E-state index in [1.165, 1.54) is 0 Å². The van der Waals surface area contributed by atoms with Crippen molar-refractivity contribution < 1.29 is 13.2 Å². The van der Waals surface area contributed by atoms with Gasteiger partial charge in [-0.05, 0) is 61.4 Å². The largest absolute Gasteiger partial charge is 0.381 e. The molecule has 0 atom stereocenters. The van der Waals surface area contributed by atoms with Crippen LogP contribution in [0.4, 0.5) is 0 Å². The van der Waals surface area contributed by atoms with Crippen LogP contribution in [0.5, 0.6) is 0 Å². The molecule has 0 bridgehead atoms. The monoisotopic (exact) mass is 365 g/mol. The molecule has 0 aliphatic carbocycles. The van der Waals surface area contributed by atoms with Gasteiger partial charge in [-0.15, -0.1) is 11.3 Å². The van der Waals surface area contributed by atoms with E-state index in [4.69, 9.17) is 4.74 Å². The molecule has 2 heterocycles. The van der Waals surface area contributed by atoms with E-state index in [-0.39, 0.29) is 6.04 Å². The summed E-state index contributed by atoms with van der Waals surface area (Å²) in [6, 6.07) is 9.34. The second kappa shape index (κ2) is 7.35. The molecule has 3 rings (SSSR count). The summed E-state index contributed by atoms with van der Waals surface area (Å²) in [4.78, 5) is 1.45. The first-order chi connectivity index (χ1) is 11.5. The average molecular weight is 366 g/mol. The molecule has 1 aromatic carbocycles. The van der Waals surface area contributed by atoms with Gasteiger partial charge in [0, 0.05) is 30.7 Å². The Morgan fingerprint density at radius 2 is 1.92 bits per heavy atom. The van der Waals surface area contributed by atoms with Gasteiger partial charge in [-0.25, -0.2) is 8.42 Å². The molecule has 0 radical (unpaired) electrons. The SMILES string of the molecule is Cc1ccc(S(=O)(=O)N(Cc2cccs2)C2CCOCC2)cc1C. The Labute approximate surface area is 148 Å². The lowest BCUT2D eigenvalue weighted by Gasteiger charge is -2.33. The number of rotatable bonds is 5. The summed E-state index contributed by atoms with van der Waals surface area (Å²) in [7, 11) is -3.53. The van der Waals surface area contributed by atoms with Crippen molar-refractivity contribution in [3.63, 3.8) is 0 Å². The number of nitrogens with zero attached hydrogens (tertiary/aromatic N) is 1. The van der Waals surface area contributed by atoms with E-state index >= 15 is 0 Å². The molecule has 0 amide bonds. The number of hydrogen-bond acceptors (Lipinski definition) is 4. The highest BCUT2D eigenvalue weighted by Crippen LogP contribution is 2.28. The van der Waals surface area contributed by atoms with Crippen molar-refractivity contribution in [1.82, 2.24) is 4.31 Å². The fourth-order valence-electron chi connectivity index (χ4n) is 2.95. The predicted octanol–water partition coefficient (Wildman–Crippen LogP) is 3.73. The van der Waals surface area contributed by atoms with Crippen molar-refractivity contribution in [2.24, 2.45) is 0 Å². The highest BCUT2D eigenvalue weighted by molar-refractivity contribution is 7.89. The minimum Gasteiger partial charge on any atom is -0.381 e. The van der Waals surface area contributed by atoms with E-state index in [2.05, 4.69) is 0 Å². The van der Waals surface area contributed by atoms with E-state index in [0.717, 1.165) is 28.8 Å². The van der Waals surface area contributed by atoms with E-state index in [1.807, 2.05) is 37.4 Å². The molecular formula is C18H23NO3S2. The van der Waals surface area contributed by atoms with Crippen molar-refractivity contribution in [1.29, 1.82) is 0 Å². The van der Waals surface area contributed by atoms with Gasteiger partial charge in [-0.3, -0.25) is 0 Å². The Morgan fingerprint density at radius 3 is 2.54 bits per heavy atom. The highest BCUT2D eigenvalue weighted by Gasteiger charge is 2.33. The summed E-state index contributed by atoms with van der Waals surface area (Å²) in [5, 5.41) is 1.99. The molecule has 1 saturated heterocycles. The standard InChI is InChI=1S/C18H23NO3S2/c1-14-5-6-18(12-15(14)2)24(20,21)19(13-17-4-3-11-23-17)16-7-9-22-10-8-16/h3-6,11-12,16H,7-10,13H2,1-2H3. The molecule has 6 heteroatoms. The Morgan fingerprint density at radius 1 is 1.17 bits per heavy atom. The third-order valence-electron chi connectivity index (χ3n) is 4.57. The van der Waals surface area contributed by atoms with E-state index < -0.39 is 10.0 Å². The number of benzene rings is 1. The van der Waals surface area contributed by atoms with Crippen LogP contribution < -0.4 is 0 Å². The van der Waals surface area contributed by atoms with Gasteiger partial charge in [-0.1, -0.05) is 12.1 Å². The second-order valence-corrected chi connectivity index (χ2v) is 9.14. The van der Waals surface area contributed by atoms with Crippen molar-refractivity contribution in [3.05, 3.63) is 51.7 Å². The van der Waals surface area contributed by atoms with Crippen LogP contribution in [0.15, 0.2) is 40.6 Å². The summed E-state index contributed by atoms with van der Waals surface area (Å²) in [5.74, 6) is 0. The van der Waals surface area contributed by atoms with Gasteiger partial charge in [-0.2, -0.15) is 4.31 Å². The minimum atomic E-state index is -3.53. The first kappa shape index (κ1) is 17.6. The average Bonchev–Trinajstić information content (AvgIpc) is 3.09. The summed E-state index contributed by atoms with van der Waals surface area (Å²) >= 11 is 1.59. The molecule has 0 spiro atoms. The van der Waals surface area contributed by atoms with Crippen LogP contribution in [0.1, 0.15) is 28.8 Å². The molecule has 1 aliphatic rings. The van der Waals surface area contributed by atoms with Crippen molar-refractivity contribution >= 4 is 21.4 Å². The van der Waals surface area contributed by atoms with Crippen LogP contribution in [0, 0.1) is 13.8 Å². The maximum absolute atomic E-state index is 13.3. The summed E-state index contributed by atoms with van der Waals surface area (Å²) in [5.41, 5.74) is 2.10. The Bertz CT molecular complexity index is 779. The molecular weight excluding hydrogens is 342 g/mol. The lowest BCUT2D eigenvalue weighted by molar-refractivity contribution is 0.0571. The maximum atomic E-state index is 13.3. The van der Waals surface area contributed by atoms with Crippen LogP contribution in [-0.4, -0.2) is 32.0 Å². The molecule has 1 fully saturated rings. The zero-order valence-electron chi connectivity index (χ0n) is 14.1. The molecule has 24 heavy (non-hydrogen) atoms. The van der Waals surface area contributed by atoms with Gasteiger partial charge in [0.2, 0.25) is 10.0 Å². The molecule has 130 valence electrons. The number of ether oxygens (including phenoxy) is 1. The first-order valence-electron chi connectivity index (χ1n) is 8.18. The van der Waals surface area contributed by atoms with Crippen LogP contribution in [0.25, 0.3) is 0 Å². The van der Waals surface area contributed by atoms with Crippen LogP contribution in [0.2, 0.25) is 0 Å². The quantitative estimate of drug-likeness (QED) is 0.811. The van der Waals surface area contributed by atoms with Gasteiger partial charge in [0.15, 0.2) is 0 Å². The van der Waals surface area contributed by atoms with E-state index in [1.54, 1.807) is 27.8 Å². The van der Waals surface area contributed by atoms with Crippen LogP contribution in [-0.2, 0) is 21.3 Å². The lowest BCUT2D eigenvalue weighted by Crippen LogP contribution is -2.42. The number of sulfonamides is 1. The Hall–Kier alpha value is -1.21. The van der Waals surface area contributed by atoms with Gasteiger partial charge in [0.1, 0.15) is 0 Å². The second-order valence-electron chi connectivity index (χ2n) is 6.22. The highest BCUT2D eigenvalue weighted by atomic mass is 32.2. The fourth-order valence-corrected chi connectivity index (χ4v) is 5.48. The van der Waals surface area contributed by atoms with Crippen molar-refractivity contribution in [3.8, 4) is 0 Å². The Kier molecular flexibility index (Phi) is 5.39. The summed E-state index contributed by atoms with van der Waals surface area (Å²) in [6.45, 7) is 5.61. The molecule has 0 N–H and O–H groups in total. The fraction of sp³-hybridized carbons (Fsp3) is 0.444. The summed E-state index contributed by atoms with van der Waals surface area (Å²) < 4.78 is 33.7. The minimum absolute atomic E-state index is 0.00698. The van der Waals surface area contributed by atoms with Crippen molar-refractivity contribution in [2.45, 2.75) is 44.2 Å². The van der Waals surface area contributed by atoms with E-state index in [9.17, 15) is 8.42 Å². The van der Waals surface area contributed by atoms with Crippen LogP contribution >= 0.6 is 11.3 Å². The van der Waals surface area contributed by atoms with Gasteiger partial charge in [0.05, 0.1) is 4.90 Å². The third-order valence-corrected chi connectivity index (χ3v) is 7.33. The molecule has 2 aromatic rings. The zero-order chi connectivity index (χ0) is 17.2. The molecule has 4 nitrogen and oxygen atoms in total. The maximum Gasteiger partial charge on any atom is 0.243 e. The smallest absolute Gasteiger partial charge is 0.243 e. The van der Waals surface area contributed by atoms with Crippen LogP contribution in [0.3, 0.4) is 0 Å². The first-order valence-corrected chi connectivity index (χ1v) is 10.5. The van der Waals surface area contributed by atoms with Crippen molar-refractivity contribution in [2.75, 3.05) is 13.2 Å². The summed E-state index contributed by atoms with van der Waals surface area (Å²) in [6.07, 6.45) is 1.49. The molecule has 1 aromatic heterocycles. The molecule has 0 unspecified atom stereocenters. The predicted molar refractivity (Wildman–Crippen MR) is 96.8 cm³/mol. The third kappa shape index (κ3) is 3.72.